The van der Waals surface area contributed by atoms with Crippen LogP contribution in [0.15, 0.2) is 5.38 Å². The second-order valence-corrected chi connectivity index (χ2v) is 4.32. The van der Waals surface area contributed by atoms with Gasteiger partial charge in [-0.2, -0.15) is 0 Å². The van der Waals surface area contributed by atoms with Crippen molar-refractivity contribution in [3.05, 3.63) is 10.5 Å². The number of rotatable bonds is 4. The normalized spacial score (nSPS) is 16.2. The number of aliphatic hydroxyl groups excluding tert-OH is 1. The number of hydrogen-bond acceptors (Lipinski definition) is 4. The molecule has 3 nitrogen and oxygen atoms in total. The molecular weight excluding hydrogens is 208 g/mol. The van der Waals surface area contributed by atoms with Crippen LogP contribution in [0.1, 0.15) is 12.8 Å². The topological polar surface area (TPSA) is 36.4 Å². The van der Waals surface area contributed by atoms with Gasteiger partial charge < -0.3 is 10.0 Å². The summed E-state index contributed by atoms with van der Waals surface area (Å²) in [7, 11) is 0. The van der Waals surface area contributed by atoms with E-state index in [1.165, 1.54) is 24.2 Å². The van der Waals surface area contributed by atoms with Crippen molar-refractivity contribution < 1.29 is 5.11 Å². The van der Waals surface area contributed by atoms with Gasteiger partial charge in [-0.3, -0.25) is 0 Å². The van der Waals surface area contributed by atoms with Crippen LogP contribution < -0.4 is 4.90 Å². The van der Waals surface area contributed by atoms with Crippen LogP contribution in [0.25, 0.3) is 0 Å². The van der Waals surface area contributed by atoms with Gasteiger partial charge in [0, 0.05) is 18.0 Å². The van der Waals surface area contributed by atoms with Gasteiger partial charge in [0.05, 0.1) is 6.61 Å². The van der Waals surface area contributed by atoms with Gasteiger partial charge in [-0.05, 0) is 12.8 Å². The highest BCUT2D eigenvalue weighted by Gasteiger charge is 2.30. The Balaban J connectivity index is 2.10. The average molecular weight is 219 g/mol. The maximum absolute atomic E-state index is 8.88. The smallest absolute Gasteiger partial charge is 0.187 e. The number of halogens is 1. The molecule has 0 radical (unpaired) electrons. The first-order chi connectivity index (χ1) is 6.31. The van der Waals surface area contributed by atoms with E-state index in [1.54, 1.807) is 0 Å². The highest BCUT2D eigenvalue weighted by molar-refractivity contribution is 7.14. The summed E-state index contributed by atoms with van der Waals surface area (Å²) in [5.41, 5.74) is 0. The van der Waals surface area contributed by atoms with Gasteiger partial charge in [-0.15, -0.1) is 11.3 Å². The molecule has 1 saturated carbocycles. The van der Waals surface area contributed by atoms with Gasteiger partial charge in [0.15, 0.2) is 5.13 Å². The summed E-state index contributed by atoms with van der Waals surface area (Å²) in [5, 5.41) is 12.2. The van der Waals surface area contributed by atoms with Crippen molar-refractivity contribution in [3.8, 4) is 0 Å². The first-order valence-electron chi connectivity index (χ1n) is 4.30. The van der Waals surface area contributed by atoms with Crippen LogP contribution in [0, 0.1) is 0 Å². The van der Waals surface area contributed by atoms with Crippen molar-refractivity contribution in [1.29, 1.82) is 0 Å². The molecule has 1 aromatic heterocycles. The minimum absolute atomic E-state index is 0.174. The molecule has 1 N–H and O–H groups in total. The van der Waals surface area contributed by atoms with Crippen LogP contribution in [-0.2, 0) is 0 Å². The molecule has 0 amide bonds. The number of anilines is 1. The molecule has 0 aliphatic heterocycles. The third-order valence-corrected chi connectivity index (χ3v) is 3.24. The lowest BCUT2D eigenvalue weighted by molar-refractivity contribution is 0.301. The molecule has 0 atom stereocenters. The van der Waals surface area contributed by atoms with E-state index in [2.05, 4.69) is 9.88 Å². The molecule has 0 unspecified atom stereocenters. The van der Waals surface area contributed by atoms with Gasteiger partial charge in [0.25, 0.3) is 0 Å². The molecular formula is C8H11ClN2OS. The molecule has 0 saturated heterocycles. The van der Waals surface area contributed by atoms with Crippen LogP contribution in [0.4, 0.5) is 5.13 Å². The zero-order chi connectivity index (χ0) is 9.26. The maximum atomic E-state index is 8.88. The molecule has 1 aliphatic carbocycles. The summed E-state index contributed by atoms with van der Waals surface area (Å²) in [6.07, 6.45) is 2.41. The van der Waals surface area contributed by atoms with Crippen LogP contribution in [-0.4, -0.2) is 29.3 Å². The Morgan fingerprint density at radius 2 is 2.46 bits per heavy atom. The molecule has 1 aromatic rings. The number of hydrogen-bond donors (Lipinski definition) is 1. The zero-order valence-corrected chi connectivity index (χ0v) is 8.68. The molecule has 0 spiro atoms. The highest BCUT2D eigenvalue weighted by atomic mass is 35.5. The van der Waals surface area contributed by atoms with Crippen LogP contribution in [0.5, 0.6) is 0 Å². The predicted molar refractivity (Wildman–Crippen MR) is 54.6 cm³/mol. The molecule has 2 rings (SSSR count). The molecule has 0 aromatic carbocycles. The monoisotopic (exact) mass is 218 g/mol. The third-order valence-electron chi connectivity index (χ3n) is 2.04. The lowest BCUT2D eigenvalue weighted by Gasteiger charge is -2.19. The van der Waals surface area contributed by atoms with E-state index in [0.717, 1.165) is 5.13 Å². The first kappa shape index (κ1) is 9.24. The Bertz CT molecular complexity index is 287. The summed E-state index contributed by atoms with van der Waals surface area (Å²) >= 11 is 7.28. The number of aliphatic hydroxyl groups is 1. The minimum atomic E-state index is 0.174. The van der Waals surface area contributed by atoms with Crippen molar-refractivity contribution in [2.75, 3.05) is 18.1 Å². The summed E-state index contributed by atoms with van der Waals surface area (Å²) < 4.78 is 0. The van der Waals surface area contributed by atoms with Crippen molar-refractivity contribution in [3.63, 3.8) is 0 Å². The fourth-order valence-electron chi connectivity index (χ4n) is 1.31. The lowest BCUT2D eigenvalue weighted by Crippen LogP contribution is -2.28. The summed E-state index contributed by atoms with van der Waals surface area (Å²) in [6, 6.07) is 0.578. The van der Waals surface area contributed by atoms with E-state index in [4.69, 9.17) is 16.7 Å². The largest absolute Gasteiger partial charge is 0.395 e. The van der Waals surface area contributed by atoms with E-state index < -0.39 is 0 Å². The van der Waals surface area contributed by atoms with Crippen molar-refractivity contribution in [2.45, 2.75) is 18.9 Å². The Morgan fingerprint density at radius 3 is 2.92 bits per heavy atom. The standard InChI is InChI=1S/C8H11ClN2OS/c9-7-5-13-8(10-7)11(3-4-12)6-1-2-6/h5-6,12H,1-4H2. The predicted octanol–water partition coefficient (Wildman–Crippen LogP) is 1.76. The van der Waals surface area contributed by atoms with Gasteiger partial charge >= 0.3 is 0 Å². The lowest BCUT2D eigenvalue weighted by atomic mass is 10.5. The first-order valence-corrected chi connectivity index (χ1v) is 5.55. The number of aromatic nitrogens is 1. The average Bonchev–Trinajstić information content (AvgIpc) is 2.85. The van der Waals surface area contributed by atoms with Crippen molar-refractivity contribution in [2.24, 2.45) is 0 Å². The van der Waals surface area contributed by atoms with Crippen molar-refractivity contribution >= 4 is 28.1 Å². The Morgan fingerprint density at radius 1 is 1.69 bits per heavy atom. The highest BCUT2D eigenvalue weighted by Crippen LogP contribution is 2.33. The van der Waals surface area contributed by atoms with Crippen molar-refractivity contribution in [1.82, 2.24) is 4.98 Å². The Kier molecular flexibility index (Phi) is 2.71. The van der Waals surface area contributed by atoms with E-state index in [1.807, 2.05) is 5.38 Å². The number of nitrogens with zero attached hydrogens (tertiary/aromatic N) is 2. The van der Waals surface area contributed by atoms with Crippen LogP contribution in [0.3, 0.4) is 0 Å². The fourth-order valence-corrected chi connectivity index (χ4v) is 2.35. The summed E-state index contributed by atoms with van der Waals surface area (Å²) in [4.78, 5) is 6.33. The fraction of sp³-hybridized carbons (Fsp3) is 0.625. The van der Waals surface area contributed by atoms with E-state index >= 15 is 0 Å². The van der Waals surface area contributed by atoms with E-state index in [-0.39, 0.29) is 6.61 Å². The maximum Gasteiger partial charge on any atom is 0.187 e. The molecule has 0 bridgehead atoms. The minimum Gasteiger partial charge on any atom is -0.395 e. The summed E-state index contributed by atoms with van der Waals surface area (Å²) in [5.74, 6) is 0. The van der Waals surface area contributed by atoms with Crippen LogP contribution in [0.2, 0.25) is 5.15 Å². The van der Waals surface area contributed by atoms with Gasteiger partial charge in [-0.25, -0.2) is 4.98 Å². The molecule has 1 heterocycles. The van der Waals surface area contributed by atoms with Crippen LogP contribution >= 0.6 is 22.9 Å². The quantitative estimate of drug-likeness (QED) is 0.837. The van der Waals surface area contributed by atoms with Gasteiger partial charge in [-0.1, -0.05) is 11.6 Å². The zero-order valence-electron chi connectivity index (χ0n) is 7.11. The van der Waals surface area contributed by atoms with Gasteiger partial charge in [0.2, 0.25) is 0 Å². The molecule has 72 valence electrons. The second-order valence-electron chi connectivity index (χ2n) is 3.10. The summed E-state index contributed by atoms with van der Waals surface area (Å²) in [6.45, 7) is 0.836. The molecule has 13 heavy (non-hydrogen) atoms. The van der Waals surface area contributed by atoms with E-state index in [0.29, 0.717) is 17.7 Å². The van der Waals surface area contributed by atoms with Gasteiger partial charge in [0.1, 0.15) is 5.15 Å². The molecule has 1 fully saturated rings. The Labute approximate surface area is 86.0 Å². The molecule has 1 aliphatic rings. The van der Waals surface area contributed by atoms with E-state index in [9.17, 15) is 0 Å². The number of thiazole rings is 1. The second kappa shape index (κ2) is 3.82. The SMILES string of the molecule is OCCN(c1nc(Cl)cs1)C1CC1. The Hall–Kier alpha value is -0.320. The third kappa shape index (κ3) is 2.13. The molecule has 5 heteroatoms.